The van der Waals surface area contributed by atoms with E-state index in [4.69, 9.17) is 10.5 Å². The van der Waals surface area contributed by atoms with Crippen molar-refractivity contribution in [1.82, 2.24) is 0 Å². The van der Waals surface area contributed by atoms with Crippen molar-refractivity contribution >= 4 is 34.2 Å². The number of thiophene rings is 1. The molecule has 120 valence electrons. The molecule has 0 bridgehead atoms. The Bertz CT molecular complexity index is 778. The Balaban J connectivity index is 2.19. The molecule has 0 unspecified atom stereocenters. The quantitative estimate of drug-likeness (QED) is 0.826. The number of rotatable bonds is 5. The summed E-state index contributed by atoms with van der Waals surface area (Å²) in [6.45, 7) is 3.69. The van der Waals surface area contributed by atoms with Gasteiger partial charge in [0.05, 0.1) is 12.7 Å². The summed E-state index contributed by atoms with van der Waals surface area (Å²) in [5, 5.41) is 3.19. The lowest BCUT2D eigenvalue weighted by molar-refractivity contribution is -0.111. The van der Waals surface area contributed by atoms with Crippen LogP contribution in [0, 0.1) is 13.8 Å². The minimum absolute atomic E-state index is 0.334. The number of methoxy groups -OCH3 is 1. The van der Waals surface area contributed by atoms with Gasteiger partial charge in [-0.1, -0.05) is 18.2 Å². The van der Waals surface area contributed by atoms with Gasteiger partial charge in [-0.3, -0.25) is 9.59 Å². The Kier molecular flexibility index (Phi) is 5.18. The van der Waals surface area contributed by atoms with Crippen molar-refractivity contribution in [1.29, 1.82) is 0 Å². The van der Waals surface area contributed by atoms with E-state index < -0.39 is 5.91 Å². The standard InChI is InChI=1S/C17H18N2O3S/c1-10-11(2)23-17(15(10)16(18)21)19-14(20)9-8-12-6-4-5-7-13(12)22-3/h4-9H,1-3H3,(H2,18,21)(H,19,20)/b9-8+. The number of carbonyl (C=O) groups excluding carboxylic acids is 2. The maximum atomic E-state index is 12.1. The SMILES string of the molecule is COc1ccccc1/C=C/C(=O)Nc1sc(C)c(C)c1C(N)=O. The van der Waals surface area contributed by atoms with Gasteiger partial charge < -0.3 is 15.8 Å². The van der Waals surface area contributed by atoms with E-state index in [0.717, 1.165) is 16.0 Å². The van der Waals surface area contributed by atoms with Gasteiger partial charge in [0.25, 0.3) is 5.91 Å². The number of benzene rings is 1. The molecule has 0 spiro atoms. The Hall–Kier alpha value is -2.60. The van der Waals surface area contributed by atoms with E-state index >= 15 is 0 Å². The number of nitrogens with two attached hydrogens (primary N) is 1. The molecule has 1 aromatic heterocycles. The molecule has 5 nitrogen and oxygen atoms in total. The van der Waals surface area contributed by atoms with E-state index in [-0.39, 0.29) is 5.91 Å². The van der Waals surface area contributed by atoms with Crippen molar-refractivity contribution in [2.75, 3.05) is 12.4 Å². The second kappa shape index (κ2) is 7.11. The van der Waals surface area contributed by atoms with Crippen LogP contribution in [0.2, 0.25) is 0 Å². The van der Waals surface area contributed by atoms with Crippen molar-refractivity contribution < 1.29 is 14.3 Å². The molecule has 0 atom stereocenters. The molecule has 0 radical (unpaired) electrons. The van der Waals surface area contributed by atoms with E-state index in [1.54, 1.807) is 13.2 Å². The van der Waals surface area contributed by atoms with Gasteiger partial charge in [0.15, 0.2) is 0 Å². The number of anilines is 1. The number of para-hydroxylation sites is 1. The number of nitrogens with one attached hydrogen (secondary N) is 1. The van der Waals surface area contributed by atoms with Gasteiger partial charge in [-0.15, -0.1) is 11.3 Å². The zero-order valence-electron chi connectivity index (χ0n) is 13.2. The maximum Gasteiger partial charge on any atom is 0.251 e. The fourth-order valence-corrected chi connectivity index (χ4v) is 3.20. The summed E-state index contributed by atoms with van der Waals surface area (Å²) in [6, 6.07) is 7.37. The lowest BCUT2D eigenvalue weighted by Gasteiger charge is -2.04. The molecule has 0 aliphatic heterocycles. The molecule has 0 saturated carbocycles. The minimum Gasteiger partial charge on any atom is -0.496 e. The van der Waals surface area contributed by atoms with Crippen molar-refractivity contribution in [3.8, 4) is 5.75 Å². The summed E-state index contributed by atoms with van der Waals surface area (Å²) in [7, 11) is 1.57. The van der Waals surface area contributed by atoms with E-state index in [1.807, 2.05) is 38.1 Å². The summed E-state index contributed by atoms with van der Waals surface area (Å²) in [6.07, 6.45) is 3.05. The van der Waals surface area contributed by atoms with Gasteiger partial charge in [0, 0.05) is 16.5 Å². The zero-order valence-corrected chi connectivity index (χ0v) is 14.0. The number of hydrogen-bond donors (Lipinski definition) is 2. The van der Waals surface area contributed by atoms with Crippen molar-refractivity contribution in [3.63, 3.8) is 0 Å². The van der Waals surface area contributed by atoms with Gasteiger partial charge >= 0.3 is 0 Å². The Morgan fingerprint density at radius 3 is 2.61 bits per heavy atom. The highest BCUT2D eigenvalue weighted by molar-refractivity contribution is 7.16. The molecule has 2 rings (SSSR count). The van der Waals surface area contributed by atoms with Crippen LogP contribution in [0.15, 0.2) is 30.3 Å². The van der Waals surface area contributed by atoms with Gasteiger partial charge in [0.1, 0.15) is 10.8 Å². The normalized spacial score (nSPS) is 10.7. The van der Waals surface area contributed by atoms with Crippen LogP contribution < -0.4 is 15.8 Å². The molecular formula is C17H18N2O3S. The van der Waals surface area contributed by atoms with Crippen molar-refractivity contribution in [2.45, 2.75) is 13.8 Å². The predicted octanol–water partition coefficient (Wildman–Crippen LogP) is 3.12. The highest BCUT2D eigenvalue weighted by atomic mass is 32.1. The van der Waals surface area contributed by atoms with Crippen LogP contribution in [0.3, 0.4) is 0 Å². The van der Waals surface area contributed by atoms with E-state index in [1.165, 1.54) is 17.4 Å². The molecule has 2 amide bonds. The lowest BCUT2D eigenvalue weighted by atomic mass is 10.1. The Labute approximate surface area is 138 Å². The van der Waals surface area contributed by atoms with Crippen LogP contribution in [-0.2, 0) is 4.79 Å². The first kappa shape index (κ1) is 16.8. The summed E-state index contributed by atoms with van der Waals surface area (Å²) in [4.78, 5) is 24.6. The zero-order chi connectivity index (χ0) is 17.0. The van der Waals surface area contributed by atoms with E-state index in [9.17, 15) is 9.59 Å². The Morgan fingerprint density at radius 2 is 1.96 bits per heavy atom. The molecule has 1 aromatic carbocycles. The van der Waals surface area contributed by atoms with Gasteiger partial charge in [-0.2, -0.15) is 0 Å². The number of primary amides is 1. The van der Waals surface area contributed by atoms with Crippen molar-refractivity contribution in [2.24, 2.45) is 5.73 Å². The number of carbonyl (C=O) groups is 2. The van der Waals surface area contributed by atoms with Crippen LogP contribution in [0.5, 0.6) is 5.75 Å². The van der Waals surface area contributed by atoms with Crippen LogP contribution in [0.1, 0.15) is 26.4 Å². The highest BCUT2D eigenvalue weighted by Gasteiger charge is 2.18. The summed E-state index contributed by atoms with van der Waals surface area (Å²) >= 11 is 1.34. The molecule has 2 aromatic rings. The fraction of sp³-hybridized carbons (Fsp3) is 0.176. The number of ether oxygens (including phenoxy) is 1. The Morgan fingerprint density at radius 1 is 1.26 bits per heavy atom. The van der Waals surface area contributed by atoms with Crippen LogP contribution in [-0.4, -0.2) is 18.9 Å². The third-order valence-electron chi connectivity index (χ3n) is 3.42. The molecule has 6 heteroatoms. The van der Waals surface area contributed by atoms with Crippen LogP contribution in [0.4, 0.5) is 5.00 Å². The first-order valence-electron chi connectivity index (χ1n) is 6.96. The molecule has 0 aliphatic rings. The van der Waals surface area contributed by atoms with E-state index in [2.05, 4.69) is 5.32 Å². The largest absolute Gasteiger partial charge is 0.496 e. The fourth-order valence-electron chi connectivity index (χ4n) is 2.13. The lowest BCUT2D eigenvalue weighted by Crippen LogP contribution is -2.16. The number of amides is 2. The third-order valence-corrected chi connectivity index (χ3v) is 4.54. The first-order chi connectivity index (χ1) is 10.9. The maximum absolute atomic E-state index is 12.1. The average molecular weight is 330 g/mol. The average Bonchev–Trinajstić information content (AvgIpc) is 2.79. The van der Waals surface area contributed by atoms with Crippen LogP contribution >= 0.6 is 11.3 Å². The minimum atomic E-state index is -0.546. The molecule has 0 saturated heterocycles. The van der Waals surface area contributed by atoms with E-state index in [0.29, 0.717) is 16.3 Å². The molecule has 3 N–H and O–H groups in total. The second-order valence-electron chi connectivity index (χ2n) is 4.92. The summed E-state index contributed by atoms with van der Waals surface area (Å²) in [5.41, 5.74) is 7.34. The monoisotopic (exact) mass is 330 g/mol. The molecular weight excluding hydrogens is 312 g/mol. The topological polar surface area (TPSA) is 81.4 Å². The van der Waals surface area contributed by atoms with Crippen LogP contribution in [0.25, 0.3) is 6.08 Å². The predicted molar refractivity (Wildman–Crippen MR) is 93.0 cm³/mol. The number of aryl methyl sites for hydroxylation is 1. The van der Waals surface area contributed by atoms with Crippen molar-refractivity contribution in [3.05, 3.63) is 51.9 Å². The van der Waals surface area contributed by atoms with Gasteiger partial charge in [-0.25, -0.2) is 0 Å². The summed E-state index contributed by atoms with van der Waals surface area (Å²) < 4.78 is 5.22. The molecule has 0 aliphatic carbocycles. The smallest absolute Gasteiger partial charge is 0.251 e. The number of hydrogen-bond acceptors (Lipinski definition) is 4. The second-order valence-corrected chi connectivity index (χ2v) is 6.14. The molecule has 23 heavy (non-hydrogen) atoms. The first-order valence-corrected chi connectivity index (χ1v) is 7.77. The molecule has 0 fully saturated rings. The summed E-state index contributed by atoms with van der Waals surface area (Å²) in [5.74, 6) is -0.201. The third kappa shape index (κ3) is 3.78. The highest BCUT2D eigenvalue weighted by Crippen LogP contribution is 2.32. The van der Waals surface area contributed by atoms with Gasteiger partial charge in [-0.05, 0) is 31.6 Å². The molecule has 1 heterocycles. The van der Waals surface area contributed by atoms with Gasteiger partial charge in [0.2, 0.25) is 5.91 Å².